The van der Waals surface area contributed by atoms with Crippen molar-refractivity contribution in [1.82, 2.24) is 4.90 Å². The quantitative estimate of drug-likeness (QED) is 0.632. The molecule has 0 aliphatic rings. The monoisotopic (exact) mass is 370 g/mol. The van der Waals surface area contributed by atoms with E-state index in [1.54, 1.807) is 24.0 Å². The van der Waals surface area contributed by atoms with Crippen LogP contribution in [0.4, 0.5) is 0 Å². The van der Waals surface area contributed by atoms with E-state index in [1.807, 2.05) is 6.92 Å². The van der Waals surface area contributed by atoms with Gasteiger partial charge in [-0.25, -0.2) is 13.6 Å². The summed E-state index contributed by atoms with van der Waals surface area (Å²) in [6.07, 6.45) is 2.22. The fourth-order valence-electron chi connectivity index (χ4n) is 2.24. The number of carbonyl (C=O) groups is 2. The first kappa shape index (κ1) is 21.1. The highest BCUT2D eigenvalue weighted by Crippen LogP contribution is 2.13. The molecular weight excluding hydrogens is 344 g/mol. The highest BCUT2D eigenvalue weighted by atomic mass is 32.2. The Morgan fingerprint density at radius 2 is 1.76 bits per heavy atom. The van der Waals surface area contributed by atoms with Gasteiger partial charge in [0.15, 0.2) is 0 Å². The van der Waals surface area contributed by atoms with E-state index in [2.05, 4.69) is 0 Å². The highest BCUT2D eigenvalue weighted by Gasteiger charge is 2.16. The van der Waals surface area contributed by atoms with E-state index in [-0.39, 0.29) is 29.7 Å². The van der Waals surface area contributed by atoms with E-state index in [1.165, 1.54) is 12.1 Å². The molecule has 140 valence electrons. The number of rotatable bonds is 10. The van der Waals surface area contributed by atoms with Gasteiger partial charge in [0.05, 0.1) is 17.9 Å². The second-order valence-electron chi connectivity index (χ2n) is 5.66. The molecule has 0 spiro atoms. The third-order valence-electron chi connectivity index (χ3n) is 3.61. The molecule has 0 radical (unpaired) electrons. The summed E-state index contributed by atoms with van der Waals surface area (Å²) in [6, 6.07) is 6.05. The lowest BCUT2D eigenvalue weighted by Gasteiger charge is -2.22. The van der Waals surface area contributed by atoms with E-state index >= 15 is 0 Å². The second-order valence-corrected chi connectivity index (χ2v) is 7.22. The van der Waals surface area contributed by atoms with Crippen LogP contribution in [0.3, 0.4) is 0 Å². The molecule has 1 aromatic rings. The topological polar surface area (TPSA) is 107 Å². The Morgan fingerprint density at radius 3 is 2.28 bits per heavy atom. The molecule has 7 nitrogen and oxygen atoms in total. The number of amides is 1. The van der Waals surface area contributed by atoms with Crippen LogP contribution in [0.25, 0.3) is 0 Å². The first-order valence-electron chi connectivity index (χ1n) is 8.33. The molecular formula is C17H26N2O5S. The van der Waals surface area contributed by atoms with Gasteiger partial charge in [-0.3, -0.25) is 9.59 Å². The first-order chi connectivity index (χ1) is 11.8. The van der Waals surface area contributed by atoms with Crippen molar-refractivity contribution < 1.29 is 22.7 Å². The van der Waals surface area contributed by atoms with Crippen molar-refractivity contribution in [3.05, 3.63) is 29.8 Å². The Kier molecular flexibility index (Phi) is 8.57. The molecule has 0 atom stereocenters. The van der Waals surface area contributed by atoms with Crippen LogP contribution < -0.4 is 5.14 Å². The van der Waals surface area contributed by atoms with Crippen molar-refractivity contribution in [3.8, 4) is 0 Å². The second kappa shape index (κ2) is 10.1. The molecule has 25 heavy (non-hydrogen) atoms. The number of esters is 1. The summed E-state index contributed by atoms with van der Waals surface area (Å²) >= 11 is 0. The van der Waals surface area contributed by atoms with Crippen molar-refractivity contribution in [2.24, 2.45) is 5.14 Å². The van der Waals surface area contributed by atoms with Crippen LogP contribution in [0.2, 0.25) is 0 Å². The molecule has 0 aliphatic carbocycles. The zero-order chi connectivity index (χ0) is 18.9. The van der Waals surface area contributed by atoms with Gasteiger partial charge in [-0.1, -0.05) is 25.5 Å². The zero-order valence-electron chi connectivity index (χ0n) is 14.7. The molecule has 0 saturated carbocycles. The molecule has 0 saturated heterocycles. The van der Waals surface area contributed by atoms with Crippen LogP contribution in [0.5, 0.6) is 0 Å². The first-order valence-corrected chi connectivity index (χ1v) is 9.87. The molecule has 0 heterocycles. The van der Waals surface area contributed by atoms with Crippen LogP contribution >= 0.6 is 0 Å². The molecule has 2 N–H and O–H groups in total. The normalized spacial score (nSPS) is 11.2. The predicted molar refractivity (Wildman–Crippen MR) is 94.0 cm³/mol. The third kappa shape index (κ3) is 7.66. The van der Waals surface area contributed by atoms with Gasteiger partial charge in [0.25, 0.3) is 0 Å². The van der Waals surface area contributed by atoms with Crippen LogP contribution in [0.15, 0.2) is 29.2 Å². The van der Waals surface area contributed by atoms with Gasteiger partial charge in [0.1, 0.15) is 0 Å². The number of benzene rings is 1. The minimum absolute atomic E-state index is 0.0200. The Morgan fingerprint density at radius 1 is 1.12 bits per heavy atom. The summed E-state index contributed by atoms with van der Waals surface area (Å²) in [5.41, 5.74) is 0.765. The van der Waals surface area contributed by atoms with Crippen LogP contribution in [-0.2, 0) is 30.9 Å². The Bertz CT molecular complexity index is 671. The fourth-order valence-corrected chi connectivity index (χ4v) is 2.76. The maximum atomic E-state index is 12.4. The number of hydrogen-bond donors (Lipinski definition) is 1. The van der Waals surface area contributed by atoms with E-state index in [4.69, 9.17) is 9.88 Å². The van der Waals surface area contributed by atoms with Crippen LogP contribution in [0, 0.1) is 0 Å². The summed E-state index contributed by atoms with van der Waals surface area (Å²) in [5.74, 6) is -0.387. The Labute approximate surface area is 149 Å². The number of nitrogens with two attached hydrogens (primary N) is 1. The maximum Gasteiger partial charge on any atom is 0.307 e. The molecule has 0 fully saturated rings. The number of hydrogen-bond acceptors (Lipinski definition) is 5. The molecule has 1 amide bonds. The number of unbranched alkanes of at least 4 members (excludes halogenated alkanes) is 1. The molecule has 1 rings (SSSR count). The minimum Gasteiger partial charge on any atom is -0.466 e. The number of sulfonamides is 1. The summed E-state index contributed by atoms with van der Waals surface area (Å²) in [4.78, 5) is 25.5. The van der Waals surface area contributed by atoms with Crippen LogP contribution in [-0.4, -0.2) is 38.3 Å². The summed E-state index contributed by atoms with van der Waals surface area (Å²) in [6.45, 7) is 4.60. The number of carbonyl (C=O) groups excluding carboxylic acids is 2. The summed E-state index contributed by atoms with van der Waals surface area (Å²) < 4.78 is 27.5. The molecule has 8 heteroatoms. The molecule has 0 unspecified atom stereocenters. The Balaban J connectivity index is 2.80. The minimum atomic E-state index is -3.75. The smallest absolute Gasteiger partial charge is 0.307 e. The SMILES string of the molecule is CCCCC(=O)N(CCC(=O)OCC)Cc1ccc(S(N)(=O)=O)cc1. The highest BCUT2D eigenvalue weighted by molar-refractivity contribution is 7.89. The summed E-state index contributed by atoms with van der Waals surface area (Å²) in [7, 11) is -3.75. The van der Waals surface area contributed by atoms with Gasteiger partial charge in [0, 0.05) is 19.5 Å². The number of nitrogens with zero attached hydrogens (tertiary/aromatic N) is 1. The van der Waals surface area contributed by atoms with Crippen molar-refractivity contribution in [2.45, 2.75) is 51.0 Å². The number of primary sulfonamides is 1. The molecule has 0 aliphatic heterocycles. The van der Waals surface area contributed by atoms with Crippen molar-refractivity contribution >= 4 is 21.9 Å². The van der Waals surface area contributed by atoms with Gasteiger partial charge >= 0.3 is 5.97 Å². The number of ether oxygens (including phenoxy) is 1. The lowest BCUT2D eigenvalue weighted by molar-refractivity contribution is -0.144. The van der Waals surface area contributed by atoms with E-state index in [9.17, 15) is 18.0 Å². The van der Waals surface area contributed by atoms with Crippen molar-refractivity contribution in [1.29, 1.82) is 0 Å². The van der Waals surface area contributed by atoms with Gasteiger partial charge in [0.2, 0.25) is 15.9 Å². The predicted octanol–water partition coefficient (Wildman–Crippen LogP) is 1.81. The summed E-state index contributed by atoms with van der Waals surface area (Å²) in [5, 5.41) is 5.08. The third-order valence-corrected chi connectivity index (χ3v) is 4.54. The Hall–Kier alpha value is -1.93. The van der Waals surface area contributed by atoms with E-state index in [0.717, 1.165) is 18.4 Å². The lowest BCUT2D eigenvalue weighted by Crippen LogP contribution is -2.32. The largest absolute Gasteiger partial charge is 0.466 e. The molecule has 1 aromatic carbocycles. The average Bonchev–Trinajstić information content (AvgIpc) is 2.56. The van der Waals surface area contributed by atoms with Gasteiger partial charge in [-0.2, -0.15) is 0 Å². The fraction of sp³-hybridized carbons (Fsp3) is 0.529. The zero-order valence-corrected chi connectivity index (χ0v) is 15.5. The lowest BCUT2D eigenvalue weighted by atomic mass is 10.1. The van der Waals surface area contributed by atoms with Crippen molar-refractivity contribution in [3.63, 3.8) is 0 Å². The van der Waals surface area contributed by atoms with Gasteiger partial charge < -0.3 is 9.64 Å². The maximum absolute atomic E-state index is 12.4. The van der Waals surface area contributed by atoms with Crippen molar-refractivity contribution in [2.75, 3.05) is 13.2 Å². The van der Waals surface area contributed by atoms with Gasteiger partial charge in [-0.15, -0.1) is 0 Å². The van der Waals surface area contributed by atoms with Crippen LogP contribution in [0.1, 0.15) is 45.1 Å². The van der Waals surface area contributed by atoms with E-state index < -0.39 is 10.0 Å². The van der Waals surface area contributed by atoms with E-state index in [0.29, 0.717) is 19.6 Å². The van der Waals surface area contributed by atoms with Gasteiger partial charge in [-0.05, 0) is 31.0 Å². The average molecular weight is 370 g/mol. The molecule has 0 bridgehead atoms. The standard InChI is InChI=1S/C17H26N2O5S/c1-3-5-6-16(20)19(12-11-17(21)24-4-2)13-14-7-9-15(10-8-14)25(18,22)23/h7-10H,3-6,11-13H2,1-2H3,(H2,18,22,23). The molecule has 0 aromatic heterocycles.